The van der Waals surface area contributed by atoms with Crippen molar-refractivity contribution in [1.82, 2.24) is 15.0 Å². The highest BCUT2D eigenvalue weighted by Crippen LogP contribution is 2.14. The van der Waals surface area contributed by atoms with Crippen LogP contribution in [-0.4, -0.2) is 26.0 Å². The van der Waals surface area contributed by atoms with E-state index in [2.05, 4.69) is 15.0 Å². The van der Waals surface area contributed by atoms with Crippen molar-refractivity contribution in [2.75, 3.05) is 0 Å². The maximum Gasteiger partial charge on any atom is 0.354 e. The second-order valence-corrected chi connectivity index (χ2v) is 3.26. The van der Waals surface area contributed by atoms with Crippen LogP contribution in [-0.2, 0) is 0 Å². The van der Waals surface area contributed by atoms with Gasteiger partial charge in [-0.3, -0.25) is 4.98 Å². The van der Waals surface area contributed by atoms with E-state index in [1.54, 1.807) is 31.5 Å². The Kier molecular flexibility index (Phi) is 2.59. The van der Waals surface area contributed by atoms with Crippen molar-refractivity contribution < 1.29 is 9.90 Å². The van der Waals surface area contributed by atoms with Crippen molar-refractivity contribution in [3.63, 3.8) is 0 Å². The highest BCUT2D eigenvalue weighted by molar-refractivity contribution is 5.85. The summed E-state index contributed by atoms with van der Waals surface area (Å²) < 4.78 is 0. The zero-order valence-corrected chi connectivity index (χ0v) is 8.58. The molecule has 5 nitrogen and oxygen atoms in total. The predicted molar refractivity (Wildman–Crippen MR) is 57.0 cm³/mol. The quantitative estimate of drug-likeness (QED) is 0.822. The predicted octanol–water partition coefficient (Wildman–Crippen LogP) is 1.55. The van der Waals surface area contributed by atoms with Crippen LogP contribution >= 0.6 is 0 Å². The molecule has 0 aliphatic rings. The lowest BCUT2D eigenvalue weighted by Gasteiger charge is -2.02. The highest BCUT2D eigenvalue weighted by atomic mass is 16.4. The summed E-state index contributed by atoms with van der Waals surface area (Å²) in [6.07, 6.45) is 3.23. The van der Waals surface area contributed by atoms with Gasteiger partial charge in [0.15, 0.2) is 11.5 Å². The van der Waals surface area contributed by atoms with E-state index in [0.29, 0.717) is 11.5 Å². The molecule has 0 saturated heterocycles. The Balaban J connectivity index is 2.54. The number of carboxylic acids is 1. The van der Waals surface area contributed by atoms with Crippen LogP contribution in [0.1, 0.15) is 16.2 Å². The second-order valence-electron chi connectivity index (χ2n) is 3.26. The van der Waals surface area contributed by atoms with Gasteiger partial charge in [0.2, 0.25) is 0 Å². The minimum absolute atomic E-state index is 0.000637. The number of aromatic nitrogens is 3. The topological polar surface area (TPSA) is 76.0 Å². The number of carbonyl (C=O) groups is 1. The number of aromatic carboxylic acids is 1. The third-order valence-corrected chi connectivity index (χ3v) is 2.01. The fourth-order valence-corrected chi connectivity index (χ4v) is 1.31. The summed E-state index contributed by atoms with van der Waals surface area (Å²) in [5, 5.41) is 8.88. The second kappa shape index (κ2) is 4.06. The molecule has 0 radical (unpaired) electrons. The number of nitrogens with zero attached hydrogens (tertiary/aromatic N) is 3. The summed E-state index contributed by atoms with van der Waals surface area (Å²) >= 11 is 0. The molecule has 5 heteroatoms. The van der Waals surface area contributed by atoms with Crippen molar-refractivity contribution in [2.24, 2.45) is 0 Å². The summed E-state index contributed by atoms with van der Waals surface area (Å²) in [6, 6.07) is 4.91. The Bertz CT molecular complexity index is 526. The van der Waals surface area contributed by atoms with E-state index >= 15 is 0 Å². The Hall–Kier alpha value is -2.30. The van der Waals surface area contributed by atoms with Gasteiger partial charge in [-0.25, -0.2) is 14.8 Å². The fraction of sp³-hybridized carbons (Fsp3) is 0.0909. The molecule has 0 aliphatic heterocycles. The van der Waals surface area contributed by atoms with Gasteiger partial charge in [0.1, 0.15) is 0 Å². The van der Waals surface area contributed by atoms with E-state index in [0.717, 1.165) is 5.56 Å². The Morgan fingerprint density at radius 2 is 1.94 bits per heavy atom. The van der Waals surface area contributed by atoms with Gasteiger partial charge in [-0.2, -0.15) is 0 Å². The molecule has 16 heavy (non-hydrogen) atoms. The van der Waals surface area contributed by atoms with Gasteiger partial charge in [-0.05, 0) is 25.1 Å². The minimum Gasteiger partial charge on any atom is -0.477 e. The van der Waals surface area contributed by atoms with E-state index in [4.69, 9.17) is 5.11 Å². The molecule has 1 N–H and O–H groups in total. The lowest BCUT2D eigenvalue weighted by atomic mass is 10.2. The van der Waals surface area contributed by atoms with Gasteiger partial charge in [-0.1, -0.05) is 0 Å². The minimum atomic E-state index is -1.05. The van der Waals surface area contributed by atoms with Gasteiger partial charge in [0, 0.05) is 23.7 Å². The van der Waals surface area contributed by atoms with Crippen molar-refractivity contribution in [3.8, 4) is 11.4 Å². The molecule has 0 amide bonds. The number of aryl methyl sites for hydroxylation is 1. The largest absolute Gasteiger partial charge is 0.477 e. The number of pyridine rings is 1. The molecule has 2 aromatic rings. The number of hydrogen-bond donors (Lipinski definition) is 1. The average Bonchev–Trinajstić information content (AvgIpc) is 2.29. The first kappa shape index (κ1) is 10.2. The SMILES string of the molecule is Cc1cc(C(=O)O)nc(-c2ccncc2)n1. The molecular formula is C11H9N3O2. The summed E-state index contributed by atoms with van der Waals surface area (Å²) in [5.74, 6) is -0.652. The molecular weight excluding hydrogens is 206 g/mol. The molecule has 2 heterocycles. The molecule has 2 rings (SSSR count). The van der Waals surface area contributed by atoms with E-state index in [-0.39, 0.29) is 5.69 Å². The van der Waals surface area contributed by atoms with Crippen molar-refractivity contribution in [3.05, 3.63) is 42.0 Å². The van der Waals surface area contributed by atoms with Crippen LogP contribution in [0.15, 0.2) is 30.6 Å². The first-order valence-electron chi connectivity index (χ1n) is 4.66. The van der Waals surface area contributed by atoms with Crippen LogP contribution in [0.25, 0.3) is 11.4 Å². The molecule has 0 aliphatic carbocycles. The van der Waals surface area contributed by atoms with Crippen LogP contribution in [0.2, 0.25) is 0 Å². The van der Waals surface area contributed by atoms with Crippen LogP contribution < -0.4 is 0 Å². The normalized spacial score (nSPS) is 10.1. The van der Waals surface area contributed by atoms with Crippen molar-refractivity contribution in [2.45, 2.75) is 6.92 Å². The summed E-state index contributed by atoms with van der Waals surface area (Å²) in [6.45, 7) is 1.73. The van der Waals surface area contributed by atoms with Crippen LogP contribution in [0.4, 0.5) is 0 Å². The molecule has 80 valence electrons. The first-order chi connectivity index (χ1) is 7.66. The van der Waals surface area contributed by atoms with E-state index in [9.17, 15) is 4.79 Å². The summed E-state index contributed by atoms with van der Waals surface area (Å²) in [7, 11) is 0. The summed E-state index contributed by atoms with van der Waals surface area (Å²) in [5.41, 5.74) is 1.37. The fourth-order valence-electron chi connectivity index (χ4n) is 1.31. The van der Waals surface area contributed by atoms with Crippen molar-refractivity contribution in [1.29, 1.82) is 0 Å². The molecule has 0 atom stereocenters. The van der Waals surface area contributed by atoms with Crippen molar-refractivity contribution >= 4 is 5.97 Å². The number of carboxylic acid groups (broad SMARTS) is 1. The Labute approximate surface area is 91.8 Å². The zero-order valence-electron chi connectivity index (χ0n) is 8.58. The summed E-state index contributed by atoms with van der Waals surface area (Å²) in [4.78, 5) is 22.9. The standard InChI is InChI=1S/C11H9N3O2/c1-7-6-9(11(15)16)14-10(13-7)8-2-4-12-5-3-8/h2-6H,1H3,(H,15,16). The van der Waals surface area contributed by atoms with Gasteiger partial charge < -0.3 is 5.11 Å². The molecule has 0 aromatic carbocycles. The lowest BCUT2D eigenvalue weighted by Crippen LogP contribution is -2.04. The van der Waals surface area contributed by atoms with E-state index < -0.39 is 5.97 Å². The zero-order chi connectivity index (χ0) is 11.5. The molecule has 0 unspecified atom stereocenters. The Morgan fingerprint density at radius 1 is 1.25 bits per heavy atom. The number of hydrogen-bond acceptors (Lipinski definition) is 4. The Morgan fingerprint density at radius 3 is 2.56 bits per heavy atom. The first-order valence-corrected chi connectivity index (χ1v) is 4.66. The van der Waals surface area contributed by atoms with Crippen LogP contribution in [0, 0.1) is 6.92 Å². The smallest absolute Gasteiger partial charge is 0.354 e. The molecule has 0 bridgehead atoms. The third kappa shape index (κ3) is 2.03. The maximum absolute atomic E-state index is 10.8. The molecule has 0 saturated carbocycles. The van der Waals surface area contributed by atoms with Gasteiger partial charge >= 0.3 is 5.97 Å². The molecule has 0 spiro atoms. The average molecular weight is 215 g/mol. The van der Waals surface area contributed by atoms with Crippen LogP contribution in [0.3, 0.4) is 0 Å². The maximum atomic E-state index is 10.8. The lowest BCUT2D eigenvalue weighted by molar-refractivity contribution is 0.0690. The van der Waals surface area contributed by atoms with E-state index in [1.807, 2.05) is 0 Å². The highest BCUT2D eigenvalue weighted by Gasteiger charge is 2.09. The van der Waals surface area contributed by atoms with Gasteiger partial charge in [0.05, 0.1) is 0 Å². The number of rotatable bonds is 2. The van der Waals surface area contributed by atoms with Crippen LogP contribution in [0.5, 0.6) is 0 Å². The van der Waals surface area contributed by atoms with Gasteiger partial charge in [0.25, 0.3) is 0 Å². The monoisotopic (exact) mass is 215 g/mol. The molecule has 0 fully saturated rings. The third-order valence-electron chi connectivity index (χ3n) is 2.01. The molecule has 2 aromatic heterocycles. The van der Waals surface area contributed by atoms with Gasteiger partial charge in [-0.15, -0.1) is 0 Å². The van der Waals surface area contributed by atoms with E-state index in [1.165, 1.54) is 6.07 Å².